The number of aryl methyl sites for hydroxylation is 1. The van der Waals surface area contributed by atoms with Crippen molar-refractivity contribution in [2.24, 2.45) is 4.99 Å². The zero-order valence-corrected chi connectivity index (χ0v) is 11.5. The molecule has 0 fully saturated rings. The summed E-state index contributed by atoms with van der Waals surface area (Å²) in [4.78, 5) is 8.70. The molecule has 3 aromatic rings. The van der Waals surface area contributed by atoms with Gasteiger partial charge >= 0.3 is 0 Å². The molecule has 0 aliphatic rings. The Kier molecular flexibility index (Phi) is 3.30. The first-order valence-electron chi connectivity index (χ1n) is 6.78. The van der Waals surface area contributed by atoms with Crippen molar-refractivity contribution in [3.8, 4) is 11.1 Å². The summed E-state index contributed by atoms with van der Waals surface area (Å²) in [6.45, 7) is 5.82. The maximum atomic E-state index is 4.51. The highest BCUT2D eigenvalue weighted by Gasteiger charge is 2.10. The molecule has 98 valence electrons. The van der Waals surface area contributed by atoms with Crippen LogP contribution in [0.5, 0.6) is 0 Å². The Bertz CT molecular complexity index is 761. The van der Waals surface area contributed by atoms with Crippen molar-refractivity contribution < 1.29 is 0 Å². The zero-order valence-electron chi connectivity index (χ0n) is 11.5. The Labute approximate surface area is 118 Å². The number of benzene rings is 2. The van der Waals surface area contributed by atoms with Crippen LogP contribution in [-0.4, -0.2) is 11.7 Å². The van der Waals surface area contributed by atoms with Crippen LogP contribution < -0.4 is 0 Å². The van der Waals surface area contributed by atoms with E-state index < -0.39 is 0 Å². The van der Waals surface area contributed by atoms with Gasteiger partial charge < -0.3 is 0 Å². The maximum absolute atomic E-state index is 4.51. The largest absolute Gasteiger partial charge is 0.262 e. The highest BCUT2D eigenvalue weighted by Crippen LogP contribution is 2.34. The molecule has 0 spiro atoms. The third-order valence-corrected chi connectivity index (χ3v) is 3.59. The van der Waals surface area contributed by atoms with Crippen molar-refractivity contribution in [2.75, 3.05) is 0 Å². The summed E-state index contributed by atoms with van der Waals surface area (Å²) in [6.07, 6.45) is 2.78. The molecule has 0 unspecified atom stereocenters. The summed E-state index contributed by atoms with van der Waals surface area (Å²) in [5.74, 6) is 0. The van der Waals surface area contributed by atoms with Crippen LogP contribution in [0.2, 0.25) is 0 Å². The molecule has 0 amide bonds. The van der Waals surface area contributed by atoms with Gasteiger partial charge in [0, 0.05) is 11.6 Å². The Morgan fingerprint density at radius 2 is 1.85 bits per heavy atom. The SMILES string of the molecule is C=Nc1c(CC)ccc2c(-c3ccccc3)ccnc12. The zero-order chi connectivity index (χ0) is 13.9. The Hall–Kier alpha value is -2.48. The van der Waals surface area contributed by atoms with Gasteiger partial charge in [-0.3, -0.25) is 9.98 Å². The van der Waals surface area contributed by atoms with Gasteiger partial charge in [0.05, 0.1) is 11.2 Å². The lowest BCUT2D eigenvalue weighted by atomic mass is 9.98. The summed E-state index contributed by atoms with van der Waals surface area (Å²) < 4.78 is 0. The number of aliphatic imine (C=N–C) groups is 1. The standard InChI is InChI=1S/C18H16N2/c1-3-13-9-10-16-15(14-7-5-4-6-8-14)11-12-20-18(16)17(13)19-2/h4-12H,2-3H2,1H3. The van der Waals surface area contributed by atoms with Gasteiger partial charge in [-0.2, -0.15) is 0 Å². The van der Waals surface area contributed by atoms with E-state index in [-0.39, 0.29) is 0 Å². The number of hydrogen-bond acceptors (Lipinski definition) is 2. The molecule has 0 atom stereocenters. The molecular formula is C18H16N2. The van der Waals surface area contributed by atoms with Crippen LogP contribution in [0.1, 0.15) is 12.5 Å². The van der Waals surface area contributed by atoms with Gasteiger partial charge in [0.25, 0.3) is 0 Å². The highest BCUT2D eigenvalue weighted by atomic mass is 14.8. The summed E-state index contributed by atoms with van der Waals surface area (Å²) in [5, 5.41) is 1.12. The molecule has 2 heteroatoms. The average Bonchev–Trinajstić information content (AvgIpc) is 2.53. The van der Waals surface area contributed by atoms with Crippen molar-refractivity contribution in [3.05, 3.63) is 60.3 Å². The van der Waals surface area contributed by atoms with Gasteiger partial charge in [-0.05, 0) is 35.9 Å². The van der Waals surface area contributed by atoms with Crippen LogP contribution >= 0.6 is 0 Å². The van der Waals surface area contributed by atoms with Crippen molar-refractivity contribution in [2.45, 2.75) is 13.3 Å². The summed E-state index contributed by atoms with van der Waals surface area (Å²) in [5.41, 5.74) is 5.40. The number of aromatic nitrogens is 1. The van der Waals surface area contributed by atoms with E-state index in [4.69, 9.17) is 0 Å². The fraction of sp³-hybridized carbons (Fsp3) is 0.111. The van der Waals surface area contributed by atoms with Crippen LogP contribution in [0.25, 0.3) is 22.0 Å². The molecule has 3 rings (SSSR count). The van der Waals surface area contributed by atoms with Gasteiger partial charge in [-0.15, -0.1) is 0 Å². The first-order valence-corrected chi connectivity index (χ1v) is 6.78. The van der Waals surface area contributed by atoms with Crippen molar-refractivity contribution in [1.82, 2.24) is 4.98 Å². The van der Waals surface area contributed by atoms with E-state index in [0.717, 1.165) is 23.0 Å². The van der Waals surface area contributed by atoms with Gasteiger partial charge in [-0.25, -0.2) is 0 Å². The quantitative estimate of drug-likeness (QED) is 0.621. The lowest BCUT2D eigenvalue weighted by Gasteiger charge is -2.10. The summed E-state index contributed by atoms with van der Waals surface area (Å²) in [6, 6.07) is 16.7. The average molecular weight is 260 g/mol. The van der Waals surface area contributed by atoms with Crippen molar-refractivity contribution in [1.29, 1.82) is 0 Å². The molecule has 0 aliphatic carbocycles. The van der Waals surface area contributed by atoms with Crippen LogP contribution in [0.4, 0.5) is 5.69 Å². The predicted octanol–water partition coefficient (Wildman–Crippen LogP) is 4.80. The molecule has 1 heterocycles. The number of pyridine rings is 1. The Balaban J connectivity index is 2.34. The minimum Gasteiger partial charge on any atom is -0.262 e. The first kappa shape index (κ1) is 12.5. The van der Waals surface area contributed by atoms with Gasteiger partial charge in [-0.1, -0.05) is 49.4 Å². The Morgan fingerprint density at radius 1 is 1.05 bits per heavy atom. The van der Waals surface area contributed by atoms with E-state index in [0.29, 0.717) is 0 Å². The van der Waals surface area contributed by atoms with E-state index in [2.05, 4.69) is 66.1 Å². The molecule has 2 aromatic carbocycles. The molecule has 20 heavy (non-hydrogen) atoms. The predicted molar refractivity (Wildman–Crippen MR) is 85.8 cm³/mol. The smallest absolute Gasteiger partial charge is 0.0967 e. The molecule has 0 N–H and O–H groups in total. The van der Waals surface area contributed by atoms with Gasteiger partial charge in [0.1, 0.15) is 0 Å². The van der Waals surface area contributed by atoms with Crippen LogP contribution in [0.15, 0.2) is 59.7 Å². The topological polar surface area (TPSA) is 25.2 Å². The third kappa shape index (κ3) is 1.99. The van der Waals surface area contributed by atoms with E-state index in [1.165, 1.54) is 16.7 Å². The third-order valence-electron chi connectivity index (χ3n) is 3.59. The second kappa shape index (κ2) is 5.25. The molecule has 0 saturated heterocycles. The van der Waals surface area contributed by atoms with E-state index >= 15 is 0 Å². The maximum Gasteiger partial charge on any atom is 0.0967 e. The molecular weight excluding hydrogens is 244 g/mol. The summed E-state index contributed by atoms with van der Waals surface area (Å²) in [7, 11) is 0. The number of hydrogen-bond donors (Lipinski definition) is 0. The Morgan fingerprint density at radius 3 is 2.55 bits per heavy atom. The minimum atomic E-state index is 0.905. The first-order chi connectivity index (χ1) is 9.85. The minimum absolute atomic E-state index is 0.905. The molecule has 0 bridgehead atoms. The molecule has 0 radical (unpaired) electrons. The van der Waals surface area contributed by atoms with Crippen molar-refractivity contribution in [3.63, 3.8) is 0 Å². The fourth-order valence-electron chi connectivity index (χ4n) is 2.58. The van der Waals surface area contributed by atoms with Crippen LogP contribution in [0.3, 0.4) is 0 Å². The second-order valence-corrected chi connectivity index (χ2v) is 4.71. The number of nitrogens with zero attached hydrogens (tertiary/aromatic N) is 2. The number of fused-ring (bicyclic) bond motifs is 1. The van der Waals surface area contributed by atoms with Gasteiger partial charge in [0.2, 0.25) is 0 Å². The van der Waals surface area contributed by atoms with E-state index in [1.54, 1.807) is 0 Å². The monoisotopic (exact) mass is 260 g/mol. The van der Waals surface area contributed by atoms with E-state index in [9.17, 15) is 0 Å². The van der Waals surface area contributed by atoms with Gasteiger partial charge in [0.15, 0.2) is 0 Å². The normalized spacial score (nSPS) is 10.7. The number of rotatable bonds is 3. The molecule has 2 nitrogen and oxygen atoms in total. The highest BCUT2D eigenvalue weighted by molar-refractivity contribution is 6.00. The van der Waals surface area contributed by atoms with E-state index in [1.807, 2.05) is 12.3 Å². The lowest BCUT2D eigenvalue weighted by Crippen LogP contribution is -1.89. The fourth-order valence-corrected chi connectivity index (χ4v) is 2.58. The molecule has 0 saturated carbocycles. The second-order valence-electron chi connectivity index (χ2n) is 4.71. The van der Waals surface area contributed by atoms with Crippen molar-refractivity contribution >= 4 is 23.3 Å². The molecule has 0 aliphatic heterocycles. The summed E-state index contributed by atoms with van der Waals surface area (Å²) >= 11 is 0. The van der Waals surface area contributed by atoms with Crippen LogP contribution in [0, 0.1) is 0 Å². The lowest BCUT2D eigenvalue weighted by molar-refractivity contribution is 1.14. The molecule has 1 aromatic heterocycles. The van der Waals surface area contributed by atoms with Crippen LogP contribution in [-0.2, 0) is 6.42 Å².